The van der Waals surface area contributed by atoms with Gasteiger partial charge in [0.15, 0.2) is 0 Å². The van der Waals surface area contributed by atoms with Crippen LogP contribution in [0.5, 0.6) is 0 Å². The molecule has 0 bridgehead atoms. The summed E-state index contributed by atoms with van der Waals surface area (Å²) in [6.45, 7) is 9.27. The summed E-state index contributed by atoms with van der Waals surface area (Å²) in [5.41, 5.74) is 6.35. The predicted molar refractivity (Wildman–Crippen MR) is 57.8 cm³/mol. The van der Waals surface area contributed by atoms with Crippen LogP contribution >= 0.6 is 0 Å². The molecule has 0 saturated carbocycles. The van der Waals surface area contributed by atoms with Crippen LogP contribution in [0.3, 0.4) is 0 Å². The van der Waals surface area contributed by atoms with Gasteiger partial charge in [-0.15, -0.1) is 0 Å². The number of rotatable bonds is 3. The van der Waals surface area contributed by atoms with E-state index in [0.29, 0.717) is 6.04 Å². The molecule has 78 valence electrons. The van der Waals surface area contributed by atoms with Crippen LogP contribution in [0.25, 0.3) is 0 Å². The van der Waals surface area contributed by atoms with Gasteiger partial charge in [-0.2, -0.15) is 0 Å². The number of hydrogen-bond acceptors (Lipinski definition) is 2. The summed E-state index contributed by atoms with van der Waals surface area (Å²) in [5.74, 6) is 0. The van der Waals surface area contributed by atoms with Gasteiger partial charge >= 0.3 is 0 Å². The molecule has 1 aliphatic rings. The third kappa shape index (κ3) is 2.44. The average Bonchev–Trinajstić information content (AvgIpc) is 2.08. The Kier molecular flexibility index (Phi) is 3.74. The van der Waals surface area contributed by atoms with E-state index in [0.717, 1.165) is 0 Å². The zero-order valence-corrected chi connectivity index (χ0v) is 9.34. The van der Waals surface area contributed by atoms with Crippen LogP contribution in [0.2, 0.25) is 0 Å². The Bertz CT molecular complexity index is 154. The van der Waals surface area contributed by atoms with Crippen molar-refractivity contribution in [2.45, 2.75) is 58.0 Å². The van der Waals surface area contributed by atoms with Gasteiger partial charge in [0.1, 0.15) is 0 Å². The van der Waals surface area contributed by atoms with Crippen molar-refractivity contribution in [2.24, 2.45) is 5.73 Å². The zero-order chi connectivity index (χ0) is 9.90. The minimum Gasteiger partial charge on any atom is -0.326 e. The fourth-order valence-electron chi connectivity index (χ4n) is 2.13. The molecule has 1 fully saturated rings. The Morgan fingerprint density at radius 3 is 2.77 bits per heavy atom. The number of unbranched alkanes of at least 4 members (excludes halogenated alkanes) is 1. The highest BCUT2D eigenvalue weighted by molar-refractivity contribution is 4.94. The molecule has 0 spiro atoms. The third-order valence-electron chi connectivity index (χ3n) is 3.45. The van der Waals surface area contributed by atoms with Gasteiger partial charge in [-0.25, -0.2) is 0 Å². The lowest BCUT2D eigenvalue weighted by atomic mass is 9.85. The summed E-state index contributed by atoms with van der Waals surface area (Å²) in [5, 5.41) is 0. The van der Waals surface area contributed by atoms with E-state index in [9.17, 15) is 0 Å². The second kappa shape index (κ2) is 4.43. The predicted octanol–water partition coefficient (Wildman–Crippen LogP) is 1.99. The summed E-state index contributed by atoms with van der Waals surface area (Å²) in [6, 6.07) is 0.359. The average molecular weight is 184 g/mol. The number of piperidine rings is 1. The van der Waals surface area contributed by atoms with Crippen LogP contribution < -0.4 is 5.73 Å². The monoisotopic (exact) mass is 184 g/mol. The summed E-state index contributed by atoms with van der Waals surface area (Å²) in [4.78, 5) is 2.56. The second-order valence-corrected chi connectivity index (χ2v) is 4.74. The maximum absolute atomic E-state index is 6.13. The first-order valence-electron chi connectivity index (χ1n) is 5.59. The van der Waals surface area contributed by atoms with Crippen LogP contribution in [-0.4, -0.2) is 29.6 Å². The lowest BCUT2D eigenvalue weighted by molar-refractivity contribution is 0.0564. The lowest BCUT2D eigenvalue weighted by Crippen LogP contribution is -2.59. The molecule has 1 aliphatic heterocycles. The van der Waals surface area contributed by atoms with E-state index >= 15 is 0 Å². The Hall–Kier alpha value is -0.0800. The van der Waals surface area contributed by atoms with E-state index in [-0.39, 0.29) is 5.54 Å². The molecule has 0 aliphatic carbocycles. The third-order valence-corrected chi connectivity index (χ3v) is 3.45. The van der Waals surface area contributed by atoms with Gasteiger partial charge in [0.25, 0.3) is 0 Å². The van der Waals surface area contributed by atoms with E-state index in [2.05, 4.69) is 25.7 Å². The molecule has 0 amide bonds. The molecule has 0 aromatic carbocycles. The minimum atomic E-state index is 0.216. The highest BCUT2D eigenvalue weighted by atomic mass is 15.2. The Morgan fingerprint density at radius 2 is 2.15 bits per heavy atom. The highest BCUT2D eigenvalue weighted by Gasteiger charge is 2.35. The summed E-state index contributed by atoms with van der Waals surface area (Å²) in [6.07, 6.45) is 5.04. The van der Waals surface area contributed by atoms with Crippen molar-refractivity contribution in [1.82, 2.24) is 4.90 Å². The Balaban J connectivity index is 2.50. The van der Waals surface area contributed by atoms with Gasteiger partial charge in [0.2, 0.25) is 0 Å². The smallest absolute Gasteiger partial charge is 0.0304 e. The topological polar surface area (TPSA) is 29.3 Å². The Morgan fingerprint density at radius 1 is 1.46 bits per heavy atom. The van der Waals surface area contributed by atoms with E-state index in [1.807, 2.05) is 0 Å². The molecular weight excluding hydrogens is 160 g/mol. The van der Waals surface area contributed by atoms with Crippen molar-refractivity contribution < 1.29 is 0 Å². The Labute approximate surface area is 82.5 Å². The normalized spacial score (nSPS) is 29.1. The van der Waals surface area contributed by atoms with E-state index < -0.39 is 0 Å². The van der Waals surface area contributed by atoms with Crippen molar-refractivity contribution in [3.63, 3.8) is 0 Å². The fraction of sp³-hybridized carbons (Fsp3) is 1.00. The van der Waals surface area contributed by atoms with E-state index in [4.69, 9.17) is 5.73 Å². The molecule has 2 heteroatoms. The summed E-state index contributed by atoms with van der Waals surface area (Å²) >= 11 is 0. The molecule has 1 saturated heterocycles. The van der Waals surface area contributed by atoms with Crippen LogP contribution in [0.15, 0.2) is 0 Å². The van der Waals surface area contributed by atoms with Gasteiger partial charge < -0.3 is 5.73 Å². The number of nitrogens with zero attached hydrogens (tertiary/aromatic N) is 1. The SMILES string of the molecule is CCCCN1CCCC(N)C1(C)C. The molecule has 0 radical (unpaired) electrons. The summed E-state index contributed by atoms with van der Waals surface area (Å²) in [7, 11) is 0. The van der Waals surface area contributed by atoms with Crippen molar-refractivity contribution in [3.05, 3.63) is 0 Å². The van der Waals surface area contributed by atoms with Crippen molar-refractivity contribution in [1.29, 1.82) is 0 Å². The molecule has 2 nitrogen and oxygen atoms in total. The maximum Gasteiger partial charge on any atom is 0.0304 e. The van der Waals surface area contributed by atoms with Crippen molar-refractivity contribution in [3.8, 4) is 0 Å². The first kappa shape index (κ1) is 11.0. The second-order valence-electron chi connectivity index (χ2n) is 4.74. The van der Waals surface area contributed by atoms with Gasteiger partial charge in [0, 0.05) is 11.6 Å². The van der Waals surface area contributed by atoms with E-state index in [1.54, 1.807) is 0 Å². The van der Waals surface area contributed by atoms with Crippen molar-refractivity contribution in [2.75, 3.05) is 13.1 Å². The van der Waals surface area contributed by atoms with Gasteiger partial charge in [-0.05, 0) is 46.2 Å². The molecule has 13 heavy (non-hydrogen) atoms. The molecule has 0 aromatic heterocycles. The van der Waals surface area contributed by atoms with Crippen LogP contribution in [0.4, 0.5) is 0 Å². The molecule has 2 N–H and O–H groups in total. The number of hydrogen-bond donors (Lipinski definition) is 1. The molecule has 0 aromatic rings. The molecular formula is C11H24N2. The highest BCUT2D eigenvalue weighted by Crippen LogP contribution is 2.26. The standard InChI is InChI=1S/C11H24N2/c1-4-5-8-13-9-6-7-10(12)11(13,2)3/h10H,4-9,12H2,1-3H3. The van der Waals surface area contributed by atoms with Gasteiger partial charge in [-0.3, -0.25) is 4.90 Å². The fourth-order valence-corrected chi connectivity index (χ4v) is 2.13. The summed E-state index contributed by atoms with van der Waals surface area (Å²) < 4.78 is 0. The molecule has 1 unspecified atom stereocenters. The first-order valence-corrected chi connectivity index (χ1v) is 5.59. The van der Waals surface area contributed by atoms with Crippen LogP contribution in [-0.2, 0) is 0 Å². The maximum atomic E-state index is 6.13. The molecule has 1 atom stereocenters. The molecule has 1 rings (SSSR count). The van der Waals surface area contributed by atoms with Crippen LogP contribution in [0, 0.1) is 0 Å². The van der Waals surface area contributed by atoms with Crippen molar-refractivity contribution >= 4 is 0 Å². The number of likely N-dealkylation sites (tertiary alicyclic amines) is 1. The zero-order valence-electron chi connectivity index (χ0n) is 9.34. The van der Waals surface area contributed by atoms with E-state index in [1.165, 1.54) is 38.8 Å². The first-order chi connectivity index (χ1) is 6.09. The number of nitrogens with two attached hydrogens (primary N) is 1. The quantitative estimate of drug-likeness (QED) is 0.727. The van der Waals surface area contributed by atoms with Crippen LogP contribution in [0.1, 0.15) is 46.5 Å². The minimum absolute atomic E-state index is 0.216. The molecule has 1 heterocycles. The lowest BCUT2D eigenvalue weighted by Gasteiger charge is -2.46. The largest absolute Gasteiger partial charge is 0.326 e. The van der Waals surface area contributed by atoms with Gasteiger partial charge in [0.05, 0.1) is 0 Å². The van der Waals surface area contributed by atoms with Gasteiger partial charge in [-0.1, -0.05) is 13.3 Å².